The van der Waals surface area contributed by atoms with Crippen LogP contribution < -0.4 is 0 Å². The lowest BCUT2D eigenvalue weighted by atomic mass is 9.85. The lowest BCUT2D eigenvalue weighted by Gasteiger charge is -2.20. The topological polar surface area (TPSA) is 0 Å². The van der Waals surface area contributed by atoms with Gasteiger partial charge in [-0.3, -0.25) is 0 Å². The van der Waals surface area contributed by atoms with Crippen LogP contribution in [-0.4, -0.2) is 0 Å². The summed E-state index contributed by atoms with van der Waals surface area (Å²) in [5.41, 5.74) is 1.74. The van der Waals surface area contributed by atoms with Crippen molar-refractivity contribution >= 4 is 0 Å². The van der Waals surface area contributed by atoms with E-state index < -0.39 is 0 Å². The fourth-order valence-electron chi connectivity index (χ4n) is 1.09. The van der Waals surface area contributed by atoms with Gasteiger partial charge in [0.15, 0.2) is 0 Å². The number of hydrogen-bond donors (Lipinski definition) is 0. The van der Waals surface area contributed by atoms with Gasteiger partial charge in [0.1, 0.15) is 0 Å². The van der Waals surface area contributed by atoms with Crippen molar-refractivity contribution in [2.75, 3.05) is 0 Å². The summed E-state index contributed by atoms with van der Waals surface area (Å²) in [6, 6.07) is 0. The van der Waals surface area contributed by atoms with Gasteiger partial charge in [0.2, 0.25) is 0 Å². The van der Waals surface area contributed by atoms with Crippen LogP contribution >= 0.6 is 0 Å². The summed E-state index contributed by atoms with van der Waals surface area (Å²) in [4.78, 5) is 0. The summed E-state index contributed by atoms with van der Waals surface area (Å²) < 4.78 is 0. The molecule has 0 saturated heterocycles. The average Bonchev–Trinajstić information content (AvgIpc) is 1.95. The van der Waals surface area contributed by atoms with Crippen LogP contribution in [0.2, 0.25) is 0 Å². The Balaban J connectivity index is 4.46. The first-order valence-electron chi connectivity index (χ1n) is 4.89. The summed E-state index contributed by atoms with van der Waals surface area (Å²) in [5, 5.41) is 0. The fourth-order valence-corrected chi connectivity index (χ4v) is 1.09. The predicted octanol–water partition coefficient (Wildman–Crippen LogP) is 4.34. The quantitative estimate of drug-likeness (QED) is 0.547. The van der Waals surface area contributed by atoms with Crippen molar-refractivity contribution in [3.8, 4) is 0 Å². The molecule has 0 aliphatic carbocycles. The molecular weight excluding hydrogens is 144 g/mol. The molecule has 0 atom stereocenters. The normalized spacial score (nSPS) is 14.2. The molecule has 0 radical (unpaired) electrons. The summed E-state index contributed by atoms with van der Waals surface area (Å²) in [6.45, 7) is 11.1. The molecule has 0 aliphatic rings. The van der Waals surface area contributed by atoms with Crippen LogP contribution in [0.1, 0.15) is 47.5 Å². The Bertz CT molecular complexity index is 165. The molecule has 0 aromatic carbocycles. The zero-order valence-corrected chi connectivity index (χ0v) is 9.15. The van der Waals surface area contributed by atoms with E-state index in [-0.39, 0.29) is 0 Å². The molecule has 0 aromatic rings. The second kappa shape index (κ2) is 5.18. The highest BCUT2D eigenvalue weighted by molar-refractivity contribution is 5.24. The summed E-state index contributed by atoms with van der Waals surface area (Å²) >= 11 is 0. The van der Waals surface area contributed by atoms with E-state index in [2.05, 4.69) is 52.8 Å². The zero-order valence-electron chi connectivity index (χ0n) is 9.15. The van der Waals surface area contributed by atoms with Crippen molar-refractivity contribution in [1.82, 2.24) is 0 Å². The van der Waals surface area contributed by atoms with E-state index in [1.165, 1.54) is 5.57 Å². The molecular formula is C12H22. The Hall–Kier alpha value is -0.520. The Morgan fingerprint density at radius 1 is 1.08 bits per heavy atom. The standard InChI is InChI=1S/C12H22/c1-6-8-10-11(9-7-2)12(3,4)5/h8-10H,6-7H2,1-5H3. The van der Waals surface area contributed by atoms with Crippen molar-refractivity contribution in [3.05, 3.63) is 23.8 Å². The van der Waals surface area contributed by atoms with Gasteiger partial charge in [-0.2, -0.15) is 0 Å². The van der Waals surface area contributed by atoms with Crippen molar-refractivity contribution < 1.29 is 0 Å². The largest absolute Gasteiger partial charge is 0.0845 e. The third kappa shape index (κ3) is 4.38. The van der Waals surface area contributed by atoms with Crippen LogP contribution in [0.5, 0.6) is 0 Å². The van der Waals surface area contributed by atoms with E-state index in [0.717, 1.165) is 12.8 Å². The van der Waals surface area contributed by atoms with Gasteiger partial charge in [0.25, 0.3) is 0 Å². The molecule has 0 aromatic heterocycles. The highest BCUT2D eigenvalue weighted by atomic mass is 14.2. The lowest BCUT2D eigenvalue weighted by Crippen LogP contribution is -2.07. The molecule has 0 unspecified atom stereocenters. The molecule has 0 saturated carbocycles. The summed E-state index contributed by atoms with van der Waals surface area (Å²) in [5.74, 6) is 0. The molecule has 0 aliphatic heterocycles. The van der Waals surface area contributed by atoms with Gasteiger partial charge in [-0.1, -0.05) is 52.8 Å². The van der Waals surface area contributed by atoms with Gasteiger partial charge in [-0.15, -0.1) is 0 Å². The monoisotopic (exact) mass is 166 g/mol. The predicted molar refractivity (Wildman–Crippen MR) is 57.3 cm³/mol. The first kappa shape index (κ1) is 11.5. The van der Waals surface area contributed by atoms with Crippen molar-refractivity contribution in [3.63, 3.8) is 0 Å². The van der Waals surface area contributed by atoms with Gasteiger partial charge in [-0.25, -0.2) is 0 Å². The SMILES string of the molecule is CCC=CC(=CCC)C(C)(C)C. The average molecular weight is 166 g/mol. The highest BCUT2D eigenvalue weighted by Gasteiger charge is 2.12. The molecule has 0 fully saturated rings. The van der Waals surface area contributed by atoms with Crippen molar-refractivity contribution in [1.29, 1.82) is 0 Å². The van der Waals surface area contributed by atoms with E-state index in [4.69, 9.17) is 0 Å². The van der Waals surface area contributed by atoms with Crippen LogP contribution in [0.4, 0.5) is 0 Å². The van der Waals surface area contributed by atoms with E-state index >= 15 is 0 Å². The minimum atomic E-state index is 0.293. The highest BCUT2D eigenvalue weighted by Crippen LogP contribution is 2.26. The molecule has 12 heavy (non-hydrogen) atoms. The van der Waals surface area contributed by atoms with E-state index in [1.54, 1.807) is 0 Å². The maximum atomic E-state index is 2.31. The van der Waals surface area contributed by atoms with Crippen molar-refractivity contribution in [2.45, 2.75) is 47.5 Å². The maximum absolute atomic E-state index is 2.31. The molecule has 0 rings (SSSR count). The first-order chi connectivity index (χ1) is 5.52. The van der Waals surface area contributed by atoms with Gasteiger partial charge < -0.3 is 0 Å². The maximum Gasteiger partial charge on any atom is -0.0135 e. The Morgan fingerprint density at radius 3 is 2.00 bits per heavy atom. The molecule has 0 heteroatoms. The molecule has 70 valence electrons. The molecule has 0 spiro atoms. The van der Waals surface area contributed by atoms with Crippen LogP contribution in [0.15, 0.2) is 23.8 Å². The Kier molecular flexibility index (Phi) is 4.96. The second-order valence-corrected chi connectivity index (χ2v) is 4.13. The van der Waals surface area contributed by atoms with E-state index in [1.807, 2.05) is 0 Å². The number of rotatable bonds is 3. The van der Waals surface area contributed by atoms with Gasteiger partial charge in [0.05, 0.1) is 0 Å². The Morgan fingerprint density at radius 2 is 1.67 bits per heavy atom. The van der Waals surface area contributed by atoms with Crippen LogP contribution in [-0.2, 0) is 0 Å². The van der Waals surface area contributed by atoms with Gasteiger partial charge >= 0.3 is 0 Å². The van der Waals surface area contributed by atoms with Crippen LogP contribution in [0, 0.1) is 5.41 Å². The third-order valence-corrected chi connectivity index (χ3v) is 1.82. The van der Waals surface area contributed by atoms with Crippen LogP contribution in [0.25, 0.3) is 0 Å². The zero-order chi connectivity index (χ0) is 9.61. The molecule has 0 heterocycles. The lowest BCUT2D eigenvalue weighted by molar-refractivity contribution is 0.514. The second-order valence-electron chi connectivity index (χ2n) is 4.13. The van der Waals surface area contributed by atoms with E-state index in [0.29, 0.717) is 5.41 Å². The molecule has 0 bridgehead atoms. The Labute approximate surface area is 77.4 Å². The minimum Gasteiger partial charge on any atom is -0.0845 e. The first-order valence-corrected chi connectivity index (χ1v) is 4.89. The van der Waals surface area contributed by atoms with Gasteiger partial charge in [0, 0.05) is 0 Å². The minimum absolute atomic E-state index is 0.293. The van der Waals surface area contributed by atoms with Gasteiger partial charge in [-0.05, 0) is 23.8 Å². The molecule has 0 amide bonds. The van der Waals surface area contributed by atoms with Crippen LogP contribution in [0.3, 0.4) is 0 Å². The number of hydrogen-bond acceptors (Lipinski definition) is 0. The summed E-state index contributed by atoms with van der Waals surface area (Å²) in [6.07, 6.45) is 9.04. The smallest absolute Gasteiger partial charge is 0.0135 e. The molecule has 0 nitrogen and oxygen atoms in total. The molecule has 0 N–H and O–H groups in total. The third-order valence-electron chi connectivity index (χ3n) is 1.82. The fraction of sp³-hybridized carbons (Fsp3) is 0.667. The van der Waals surface area contributed by atoms with Crippen molar-refractivity contribution in [2.24, 2.45) is 5.41 Å². The van der Waals surface area contributed by atoms with E-state index in [9.17, 15) is 0 Å². The number of allylic oxidation sites excluding steroid dienone is 4. The summed E-state index contributed by atoms with van der Waals surface area (Å²) in [7, 11) is 0.